The second-order valence-electron chi connectivity index (χ2n) is 2.08. The van der Waals surface area contributed by atoms with E-state index in [1.165, 1.54) is 15.3 Å². The Morgan fingerprint density at radius 3 is 1.86 bits per heavy atom. The van der Waals surface area contributed by atoms with Gasteiger partial charge >= 0.3 is 0 Å². The zero-order valence-electron chi connectivity index (χ0n) is 10.1. The van der Waals surface area contributed by atoms with Crippen molar-refractivity contribution in [3.63, 3.8) is 0 Å². The molecule has 0 aliphatic carbocycles. The van der Waals surface area contributed by atoms with Crippen LogP contribution in [0, 0.1) is 6.92 Å². The van der Waals surface area contributed by atoms with Gasteiger partial charge in [0.15, 0.2) is 0 Å². The second kappa shape index (κ2) is 10.3. The van der Waals surface area contributed by atoms with Crippen LogP contribution in [0.4, 0.5) is 0 Å². The zero-order chi connectivity index (χ0) is 11.6. The van der Waals surface area contributed by atoms with Gasteiger partial charge in [0.1, 0.15) is 0 Å². The van der Waals surface area contributed by atoms with Crippen LogP contribution in [0.2, 0.25) is 0 Å². The minimum atomic E-state index is 1.19. The van der Waals surface area contributed by atoms with E-state index in [4.69, 9.17) is 0 Å². The van der Waals surface area contributed by atoms with E-state index >= 15 is 0 Å². The molecule has 1 heterocycles. The van der Waals surface area contributed by atoms with Crippen molar-refractivity contribution in [3.05, 3.63) is 34.5 Å². The normalized spacial score (nSPS) is 7.50. The molecule has 1 aromatic heterocycles. The highest BCUT2D eigenvalue weighted by molar-refractivity contribution is 7.13. The van der Waals surface area contributed by atoms with Gasteiger partial charge in [-0.2, -0.15) is 0 Å². The van der Waals surface area contributed by atoms with Crippen LogP contribution in [-0.2, 0) is 0 Å². The first-order valence-electron chi connectivity index (χ1n) is 5.13. The summed E-state index contributed by atoms with van der Waals surface area (Å²) in [5.74, 6) is 0. The van der Waals surface area contributed by atoms with Crippen molar-refractivity contribution in [1.82, 2.24) is 0 Å². The van der Waals surface area contributed by atoms with Crippen LogP contribution in [0.15, 0.2) is 19.2 Å². The molecule has 1 aromatic rings. The summed E-state index contributed by atoms with van der Waals surface area (Å²) in [6, 6.07) is 2.12. The molecule has 0 atom stereocenters. The average molecular weight is 210 g/mol. The van der Waals surface area contributed by atoms with Crippen molar-refractivity contribution in [3.8, 4) is 0 Å². The maximum atomic E-state index is 3.72. The first-order valence-corrected chi connectivity index (χ1v) is 5.95. The van der Waals surface area contributed by atoms with Crippen LogP contribution in [0.25, 0.3) is 12.2 Å². The molecule has 0 spiro atoms. The molecule has 0 unspecified atom stereocenters. The lowest BCUT2D eigenvalue weighted by Crippen LogP contribution is -1.64. The van der Waals surface area contributed by atoms with Crippen molar-refractivity contribution in [1.29, 1.82) is 0 Å². The molecule has 80 valence electrons. The largest absolute Gasteiger partial charge is 0.141 e. The zero-order valence-corrected chi connectivity index (χ0v) is 10.9. The van der Waals surface area contributed by atoms with Crippen molar-refractivity contribution in [2.24, 2.45) is 0 Å². The molecule has 0 N–H and O–H groups in total. The van der Waals surface area contributed by atoms with Crippen molar-refractivity contribution >= 4 is 23.5 Å². The van der Waals surface area contributed by atoms with E-state index in [2.05, 4.69) is 26.1 Å². The molecule has 0 aliphatic heterocycles. The number of thiophene rings is 1. The fourth-order valence-corrected chi connectivity index (χ4v) is 1.75. The molecule has 0 nitrogen and oxygen atoms in total. The molecule has 0 aromatic carbocycles. The molecular formula is C13H22S. The Balaban J connectivity index is 0. The van der Waals surface area contributed by atoms with Gasteiger partial charge < -0.3 is 0 Å². The predicted molar refractivity (Wildman–Crippen MR) is 71.9 cm³/mol. The van der Waals surface area contributed by atoms with E-state index in [0.717, 1.165) is 0 Å². The van der Waals surface area contributed by atoms with Crippen LogP contribution in [0.3, 0.4) is 0 Å². The van der Waals surface area contributed by atoms with Gasteiger partial charge in [-0.3, -0.25) is 0 Å². The van der Waals surface area contributed by atoms with E-state index in [0.29, 0.717) is 0 Å². The maximum absolute atomic E-state index is 3.72. The summed E-state index contributed by atoms with van der Waals surface area (Å²) < 4.78 is 0. The summed E-state index contributed by atoms with van der Waals surface area (Å²) in [6.45, 7) is 17.5. The smallest absolute Gasteiger partial charge is 0.0339 e. The van der Waals surface area contributed by atoms with E-state index in [1.807, 2.05) is 39.8 Å². The average Bonchev–Trinajstić information content (AvgIpc) is 2.64. The Morgan fingerprint density at radius 1 is 1.07 bits per heavy atom. The third kappa shape index (κ3) is 5.03. The minimum Gasteiger partial charge on any atom is -0.141 e. The van der Waals surface area contributed by atoms with Gasteiger partial charge in [-0.1, -0.05) is 53.0 Å². The van der Waals surface area contributed by atoms with Gasteiger partial charge in [0, 0.05) is 9.75 Å². The Kier molecular flexibility index (Phi) is 11.5. The summed E-state index contributed by atoms with van der Waals surface area (Å²) in [7, 11) is 0. The van der Waals surface area contributed by atoms with E-state index in [9.17, 15) is 0 Å². The van der Waals surface area contributed by atoms with Gasteiger partial charge in [-0.25, -0.2) is 0 Å². The molecule has 0 aliphatic rings. The highest BCUT2D eigenvalue weighted by Gasteiger charge is 1.97. The molecule has 0 fully saturated rings. The van der Waals surface area contributed by atoms with Crippen molar-refractivity contribution in [2.75, 3.05) is 0 Å². The van der Waals surface area contributed by atoms with E-state index < -0.39 is 0 Å². The van der Waals surface area contributed by atoms with Crippen LogP contribution in [0.5, 0.6) is 0 Å². The highest BCUT2D eigenvalue weighted by Crippen LogP contribution is 2.23. The Bertz CT molecular complexity index is 231. The lowest BCUT2D eigenvalue weighted by Gasteiger charge is -1.85. The van der Waals surface area contributed by atoms with Crippen LogP contribution in [-0.4, -0.2) is 0 Å². The number of hydrogen-bond donors (Lipinski definition) is 0. The third-order valence-corrected chi connectivity index (χ3v) is 2.38. The molecule has 0 bridgehead atoms. The summed E-state index contributed by atoms with van der Waals surface area (Å²) in [5, 5.41) is 0. The number of hydrogen-bond acceptors (Lipinski definition) is 1. The minimum absolute atomic E-state index is 1.19. The van der Waals surface area contributed by atoms with Gasteiger partial charge in [0.25, 0.3) is 0 Å². The van der Waals surface area contributed by atoms with Gasteiger partial charge in [0.2, 0.25) is 0 Å². The predicted octanol–water partition coefficient (Wildman–Crippen LogP) is 5.39. The summed E-state index contributed by atoms with van der Waals surface area (Å²) >= 11 is 1.75. The molecule has 1 heteroatoms. The fourth-order valence-electron chi connectivity index (χ4n) is 0.871. The summed E-state index contributed by atoms with van der Waals surface area (Å²) in [5.41, 5.74) is 1.19. The topological polar surface area (TPSA) is 0 Å². The van der Waals surface area contributed by atoms with Gasteiger partial charge in [-0.15, -0.1) is 11.3 Å². The molecule has 0 saturated carbocycles. The van der Waals surface area contributed by atoms with Gasteiger partial charge in [-0.05, 0) is 18.6 Å². The Morgan fingerprint density at radius 2 is 1.57 bits per heavy atom. The monoisotopic (exact) mass is 210 g/mol. The number of rotatable bonds is 2. The Hall–Kier alpha value is -0.820. The molecule has 14 heavy (non-hydrogen) atoms. The number of aryl methyl sites for hydroxylation is 1. The third-order valence-electron chi connectivity index (χ3n) is 1.32. The van der Waals surface area contributed by atoms with Crippen LogP contribution >= 0.6 is 11.3 Å². The van der Waals surface area contributed by atoms with Crippen LogP contribution < -0.4 is 0 Å². The summed E-state index contributed by atoms with van der Waals surface area (Å²) in [4.78, 5) is 2.53. The van der Waals surface area contributed by atoms with E-state index in [-0.39, 0.29) is 0 Å². The first kappa shape index (κ1) is 15.6. The molecule has 0 amide bonds. The Labute approximate surface area is 93.0 Å². The summed E-state index contributed by atoms with van der Waals surface area (Å²) in [6.07, 6.45) is 3.73. The van der Waals surface area contributed by atoms with E-state index in [1.54, 1.807) is 11.3 Å². The SMILES string of the molecule is C=Cc1cc(C)sc1C=C.CC.CC. The maximum Gasteiger partial charge on any atom is 0.0339 e. The molecular weight excluding hydrogens is 188 g/mol. The highest BCUT2D eigenvalue weighted by atomic mass is 32.1. The fraction of sp³-hybridized carbons (Fsp3) is 0.385. The molecule has 0 saturated heterocycles. The quantitative estimate of drug-likeness (QED) is 0.613. The lowest BCUT2D eigenvalue weighted by atomic mass is 10.2. The molecule has 1 rings (SSSR count). The standard InChI is InChI=1S/C9H10S.2C2H6/c1-4-8-6-7(3)10-9(8)5-2;2*1-2/h4-6H,1-2H2,3H3;2*1-2H3. The lowest BCUT2D eigenvalue weighted by molar-refractivity contribution is 1.50. The van der Waals surface area contributed by atoms with Crippen molar-refractivity contribution < 1.29 is 0 Å². The second-order valence-corrected chi connectivity index (χ2v) is 3.37. The van der Waals surface area contributed by atoms with Gasteiger partial charge in [0.05, 0.1) is 0 Å². The molecule has 0 radical (unpaired) electrons. The van der Waals surface area contributed by atoms with Crippen molar-refractivity contribution in [2.45, 2.75) is 34.6 Å². The van der Waals surface area contributed by atoms with Crippen LogP contribution in [0.1, 0.15) is 43.0 Å². The first-order chi connectivity index (χ1) is 6.77.